The van der Waals surface area contributed by atoms with Crippen LogP contribution >= 0.6 is 23.2 Å². The molecule has 2 fully saturated rings. The monoisotopic (exact) mass is 498 g/mol. The first-order valence-corrected chi connectivity index (χ1v) is 13.7. The van der Waals surface area contributed by atoms with E-state index in [1.165, 1.54) is 42.0 Å². The third-order valence-electron chi connectivity index (χ3n) is 7.81. The second kappa shape index (κ2) is 12.4. The van der Waals surface area contributed by atoms with Crippen molar-refractivity contribution in [2.24, 2.45) is 0 Å². The second-order valence-electron chi connectivity index (χ2n) is 9.94. The predicted molar refractivity (Wildman–Crippen MR) is 146 cm³/mol. The summed E-state index contributed by atoms with van der Waals surface area (Å²) < 4.78 is 0. The zero-order chi connectivity index (χ0) is 24.6. The third kappa shape index (κ3) is 6.37. The van der Waals surface area contributed by atoms with Gasteiger partial charge in [0.05, 0.1) is 15.8 Å². The minimum absolute atomic E-state index is 0.163. The van der Waals surface area contributed by atoms with Gasteiger partial charge in [-0.25, -0.2) is 0 Å². The van der Waals surface area contributed by atoms with Crippen molar-refractivity contribution in [2.45, 2.75) is 94.3 Å². The van der Waals surface area contributed by atoms with E-state index in [9.17, 15) is 0 Å². The summed E-state index contributed by atoms with van der Waals surface area (Å²) in [5.74, 6) is 0. The van der Waals surface area contributed by atoms with Gasteiger partial charge in [0.15, 0.2) is 0 Å². The van der Waals surface area contributed by atoms with Crippen LogP contribution < -0.4 is 0 Å². The van der Waals surface area contributed by atoms with Crippen LogP contribution in [0, 0.1) is 11.3 Å². The molecule has 1 atom stereocenters. The SMILES string of the molecule is CC#N.CCN(CCc1ccccc1)C(C)CCc1c(C2(Cl)CCC2)cccc1C1(Cl)CCC1. The van der Waals surface area contributed by atoms with Gasteiger partial charge in [0, 0.05) is 19.5 Å². The number of nitrogens with zero attached hydrogens (tertiary/aromatic N) is 2. The highest BCUT2D eigenvalue weighted by molar-refractivity contribution is 6.25. The average Bonchev–Trinajstić information content (AvgIpc) is 2.81. The topological polar surface area (TPSA) is 27.0 Å². The van der Waals surface area contributed by atoms with Crippen molar-refractivity contribution in [2.75, 3.05) is 13.1 Å². The van der Waals surface area contributed by atoms with Gasteiger partial charge in [-0.1, -0.05) is 55.5 Å². The summed E-state index contributed by atoms with van der Waals surface area (Å²) in [5.41, 5.74) is 5.61. The number of benzene rings is 2. The number of hydrogen-bond acceptors (Lipinski definition) is 2. The quantitative estimate of drug-likeness (QED) is 0.307. The van der Waals surface area contributed by atoms with Crippen molar-refractivity contribution in [1.82, 2.24) is 4.90 Å². The Kier molecular flexibility index (Phi) is 9.90. The minimum Gasteiger partial charge on any atom is -0.301 e. The van der Waals surface area contributed by atoms with Gasteiger partial charge in [0.2, 0.25) is 0 Å². The Hall–Kier alpha value is -1.53. The van der Waals surface area contributed by atoms with Crippen molar-refractivity contribution >= 4 is 23.2 Å². The van der Waals surface area contributed by atoms with Crippen molar-refractivity contribution in [3.05, 3.63) is 70.8 Å². The zero-order valence-electron chi connectivity index (χ0n) is 21.1. The van der Waals surface area contributed by atoms with Gasteiger partial charge in [-0.15, -0.1) is 23.2 Å². The molecule has 184 valence electrons. The molecular weight excluding hydrogens is 459 g/mol. The lowest BCUT2D eigenvalue weighted by Crippen LogP contribution is -2.36. The van der Waals surface area contributed by atoms with Crippen LogP contribution in [0.3, 0.4) is 0 Å². The molecule has 0 heterocycles. The van der Waals surface area contributed by atoms with Gasteiger partial charge in [0.1, 0.15) is 0 Å². The Bertz CT molecular complexity index is 904. The summed E-state index contributed by atoms with van der Waals surface area (Å²) in [6.07, 6.45) is 10.2. The van der Waals surface area contributed by atoms with Crippen molar-refractivity contribution in [1.29, 1.82) is 5.26 Å². The summed E-state index contributed by atoms with van der Waals surface area (Å²) in [6.45, 7) is 8.29. The molecule has 0 N–H and O–H groups in total. The smallest absolute Gasteiger partial charge is 0.0697 e. The van der Waals surface area contributed by atoms with Crippen molar-refractivity contribution < 1.29 is 0 Å². The lowest BCUT2D eigenvalue weighted by atomic mass is 9.71. The minimum atomic E-state index is -0.163. The predicted octanol–water partition coefficient (Wildman–Crippen LogP) is 8.34. The largest absolute Gasteiger partial charge is 0.301 e. The fourth-order valence-corrected chi connectivity index (χ4v) is 6.24. The van der Waals surface area contributed by atoms with Gasteiger partial charge in [-0.3, -0.25) is 0 Å². The van der Waals surface area contributed by atoms with E-state index in [1.54, 1.807) is 6.07 Å². The van der Waals surface area contributed by atoms with Crippen LogP contribution in [0.5, 0.6) is 0 Å². The first-order chi connectivity index (χ1) is 16.4. The molecule has 1 unspecified atom stereocenters. The average molecular weight is 500 g/mol. The van der Waals surface area contributed by atoms with E-state index < -0.39 is 0 Å². The highest BCUT2D eigenvalue weighted by Crippen LogP contribution is 2.53. The van der Waals surface area contributed by atoms with E-state index in [-0.39, 0.29) is 9.75 Å². The van der Waals surface area contributed by atoms with Crippen molar-refractivity contribution in [3.63, 3.8) is 0 Å². The third-order valence-corrected chi connectivity index (χ3v) is 8.97. The van der Waals surface area contributed by atoms with Gasteiger partial charge in [-0.2, -0.15) is 5.26 Å². The van der Waals surface area contributed by atoms with Crippen LogP contribution in [0.1, 0.15) is 88.0 Å². The van der Waals surface area contributed by atoms with Crippen LogP contribution in [0.15, 0.2) is 48.5 Å². The molecule has 2 aromatic rings. The molecule has 4 rings (SSSR count). The van der Waals surface area contributed by atoms with E-state index in [1.807, 2.05) is 0 Å². The number of rotatable bonds is 10. The lowest BCUT2D eigenvalue weighted by molar-refractivity contribution is 0.212. The Balaban J connectivity index is 0.00000103. The van der Waals surface area contributed by atoms with E-state index >= 15 is 0 Å². The second-order valence-corrected chi connectivity index (χ2v) is 11.4. The van der Waals surface area contributed by atoms with Crippen LogP contribution in [-0.4, -0.2) is 24.0 Å². The van der Waals surface area contributed by atoms with Gasteiger partial charge in [-0.05, 0) is 93.5 Å². The Morgan fingerprint density at radius 1 is 0.912 bits per heavy atom. The summed E-state index contributed by atoms with van der Waals surface area (Å²) in [5, 5.41) is 7.32. The van der Waals surface area contributed by atoms with Crippen LogP contribution in [0.4, 0.5) is 0 Å². The molecular formula is C30H40Cl2N2. The Labute approximate surface area is 217 Å². The van der Waals surface area contributed by atoms with E-state index in [0.29, 0.717) is 6.04 Å². The first-order valence-electron chi connectivity index (χ1n) is 13.0. The molecule has 2 saturated carbocycles. The van der Waals surface area contributed by atoms with E-state index in [4.69, 9.17) is 28.5 Å². The molecule has 2 aliphatic rings. The van der Waals surface area contributed by atoms with E-state index in [0.717, 1.165) is 58.0 Å². The maximum absolute atomic E-state index is 7.32. The molecule has 2 nitrogen and oxygen atoms in total. The molecule has 34 heavy (non-hydrogen) atoms. The maximum atomic E-state index is 7.32. The molecule has 0 amide bonds. The fraction of sp³-hybridized carbons (Fsp3) is 0.567. The zero-order valence-corrected chi connectivity index (χ0v) is 22.6. The number of nitriles is 1. The maximum Gasteiger partial charge on any atom is 0.0697 e. The van der Waals surface area contributed by atoms with Gasteiger partial charge >= 0.3 is 0 Å². The number of halogens is 2. The van der Waals surface area contributed by atoms with Crippen molar-refractivity contribution in [3.8, 4) is 6.07 Å². The van der Waals surface area contributed by atoms with Crippen LogP contribution in [0.2, 0.25) is 0 Å². The van der Waals surface area contributed by atoms with E-state index in [2.05, 4.69) is 67.3 Å². The molecule has 0 spiro atoms. The lowest BCUT2D eigenvalue weighted by Gasteiger charge is -2.42. The standard InChI is InChI=1S/C28H37Cl2N.C2H3N/c1-3-31(21-16-23-10-5-4-6-11-23)22(2)14-15-24-25(27(29)17-8-18-27)12-7-13-26(24)28(30)19-9-20-28;1-2-3/h4-7,10-13,22H,3,8-9,14-21H2,1-2H3;1H3. The summed E-state index contributed by atoms with van der Waals surface area (Å²) in [7, 11) is 0. The fourth-order valence-electron chi connectivity index (χ4n) is 5.35. The molecule has 2 aliphatic carbocycles. The van der Waals surface area contributed by atoms with Gasteiger partial charge in [0.25, 0.3) is 0 Å². The first kappa shape index (κ1) is 27.1. The number of hydrogen-bond donors (Lipinski definition) is 0. The van der Waals surface area contributed by atoms with Gasteiger partial charge < -0.3 is 4.90 Å². The molecule has 0 aliphatic heterocycles. The molecule has 2 aromatic carbocycles. The normalized spacial score (nSPS) is 18.6. The Morgan fingerprint density at radius 2 is 1.44 bits per heavy atom. The highest BCUT2D eigenvalue weighted by atomic mass is 35.5. The molecule has 0 aromatic heterocycles. The highest BCUT2D eigenvalue weighted by Gasteiger charge is 2.43. The molecule has 0 bridgehead atoms. The van der Waals surface area contributed by atoms with Crippen LogP contribution in [-0.2, 0) is 22.6 Å². The molecule has 4 heteroatoms. The number of likely N-dealkylation sites (N-methyl/N-ethyl adjacent to an activating group) is 1. The number of alkyl halides is 2. The summed E-state index contributed by atoms with van der Waals surface area (Å²) >= 11 is 14.2. The molecule has 0 radical (unpaired) electrons. The Morgan fingerprint density at radius 3 is 1.88 bits per heavy atom. The molecule has 0 saturated heterocycles. The van der Waals surface area contributed by atoms with Crippen LogP contribution in [0.25, 0.3) is 0 Å². The summed E-state index contributed by atoms with van der Waals surface area (Å²) in [4.78, 5) is 2.29. The summed E-state index contributed by atoms with van der Waals surface area (Å²) in [6, 6.07) is 19.9.